The van der Waals surface area contributed by atoms with E-state index in [1.165, 1.54) is 51.4 Å². The van der Waals surface area contributed by atoms with E-state index >= 15 is 0 Å². The molecule has 4 heteroatoms. The maximum absolute atomic E-state index is 12.4. The standard InChI is InChI=1S/C21H41N2O.BrH/c1-4-7-8-9-10-11-12-13-14-15-21(24)22-16-19-23(6-3,18-5-2)20-17-22;/h5H,2,4,6-20H2,1,3H3;1H/q+1;/p-1. The fourth-order valence-corrected chi connectivity index (χ4v) is 3.79. The second kappa shape index (κ2) is 14.8. The predicted molar refractivity (Wildman–Crippen MR) is 104 cm³/mol. The zero-order chi connectivity index (χ0) is 17.7. The molecule has 148 valence electrons. The van der Waals surface area contributed by atoms with Crippen molar-refractivity contribution >= 4 is 5.91 Å². The van der Waals surface area contributed by atoms with Crippen molar-refractivity contribution in [3.05, 3.63) is 12.7 Å². The predicted octanol–water partition coefficient (Wildman–Crippen LogP) is 1.78. The molecule has 1 amide bonds. The molecule has 3 nitrogen and oxygen atoms in total. The Morgan fingerprint density at radius 1 is 0.960 bits per heavy atom. The van der Waals surface area contributed by atoms with Gasteiger partial charge in [0.2, 0.25) is 5.91 Å². The highest BCUT2D eigenvalue weighted by molar-refractivity contribution is 5.76. The van der Waals surface area contributed by atoms with Gasteiger partial charge in [-0.1, -0.05) is 64.9 Å². The highest BCUT2D eigenvalue weighted by Crippen LogP contribution is 2.15. The summed E-state index contributed by atoms with van der Waals surface area (Å²) in [6, 6.07) is 0. The van der Waals surface area contributed by atoms with Gasteiger partial charge in [0.1, 0.15) is 0 Å². The molecular formula is C21H41BrN2O. The summed E-state index contributed by atoms with van der Waals surface area (Å²) in [5.74, 6) is 0.380. The lowest BCUT2D eigenvalue weighted by Crippen LogP contribution is -3.00. The largest absolute Gasteiger partial charge is 1.00 e. The lowest BCUT2D eigenvalue weighted by atomic mass is 10.1. The molecule has 1 rings (SSSR count). The Labute approximate surface area is 167 Å². The summed E-state index contributed by atoms with van der Waals surface area (Å²) in [5.41, 5.74) is 0. The minimum atomic E-state index is 0. The number of carbonyl (C=O) groups excluding carboxylic acids is 1. The third-order valence-electron chi connectivity index (χ3n) is 5.72. The summed E-state index contributed by atoms with van der Waals surface area (Å²) < 4.78 is 1.10. The number of piperazine rings is 1. The van der Waals surface area contributed by atoms with E-state index in [-0.39, 0.29) is 17.0 Å². The zero-order valence-electron chi connectivity index (χ0n) is 16.8. The number of quaternary nitrogens is 1. The van der Waals surface area contributed by atoms with E-state index in [1.807, 2.05) is 6.08 Å². The Morgan fingerprint density at radius 2 is 1.48 bits per heavy atom. The number of amides is 1. The Balaban J connectivity index is 0.00000576. The van der Waals surface area contributed by atoms with Crippen molar-refractivity contribution in [3.8, 4) is 0 Å². The van der Waals surface area contributed by atoms with Crippen LogP contribution in [0.4, 0.5) is 0 Å². The first-order chi connectivity index (χ1) is 11.7. The molecule has 0 aliphatic carbocycles. The summed E-state index contributed by atoms with van der Waals surface area (Å²) >= 11 is 0. The molecule has 0 unspecified atom stereocenters. The van der Waals surface area contributed by atoms with Gasteiger partial charge in [-0.05, 0) is 19.4 Å². The number of hydrogen-bond acceptors (Lipinski definition) is 1. The molecule has 0 aromatic rings. The van der Waals surface area contributed by atoms with Gasteiger partial charge in [-0.2, -0.15) is 0 Å². The molecule has 0 aromatic heterocycles. The maximum Gasteiger partial charge on any atom is 0.222 e. The molecule has 0 spiro atoms. The van der Waals surface area contributed by atoms with Gasteiger partial charge in [-0.3, -0.25) is 4.79 Å². The minimum absolute atomic E-state index is 0. The van der Waals surface area contributed by atoms with Crippen molar-refractivity contribution in [1.82, 2.24) is 4.90 Å². The molecule has 1 heterocycles. The van der Waals surface area contributed by atoms with E-state index in [9.17, 15) is 4.79 Å². The number of halogens is 1. The molecule has 1 fully saturated rings. The molecule has 0 atom stereocenters. The fourth-order valence-electron chi connectivity index (χ4n) is 3.79. The number of carbonyl (C=O) groups is 1. The van der Waals surface area contributed by atoms with Crippen LogP contribution < -0.4 is 17.0 Å². The van der Waals surface area contributed by atoms with Gasteiger partial charge in [-0.25, -0.2) is 0 Å². The second-order valence-corrected chi connectivity index (χ2v) is 7.54. The quantitative estimate of drug-likeness (QED) is 0.254. The lowest BCUT2D eigenvalue weighted by molar-refractivity contribution is -0.924. The van der Waals surface area contributed by atoms with Crippen molar-refractivity contribution < 1.29 is 26.3 Å². The lowest BCUT2D eigenvalue weighted by Gasteiger charge is -2.43. The molecule has 0 aromatic carbocycles. The first kappa shape index (κ1) is 24.7. The van der Waals surface area contributed by atoms with Gasteiger partial charge in [0, 0.05) is 6.42 Å². The van der Waals surface area contributed by atoms with E-state index in [4.69, 9.17) is 0 Å². The van der Waals surface area contributed by atoms with Gasteiger partial charge in [0.05, 0.1) is 39.3 Å². The van der Waals surface area contributed by atoms with Crippen LogP contribution in [0.15, 0.2) is 12.7 Å². The summed E-state index contributed by atoms with van der Waals surface area (Å²) in [5, 5.41) is 0. The Morgan fingerprint density at radius 3 is 1.96 bits per heavy atom. The molecule has 0 saturated carbocycles. The van der Waals surface area contributed by atoms with Crippen molar-refractivity contribution in [3.63, 3.8) is 0 Å². The average Bonchev–Trinajstić information content (AvgIpc) is 2.61. The number of unbranched alkanes of at least 4 members (excludes halogenated alkanes) is 8. The smallest absolute Gasteiger partial charge is 0.222 e. The molecule has 0 radical (unpaired) electrons. The number of rotatable bonds is 13. The van der Waals surface area contributed by atoms with Crippen LogP contribution in [0, 0.1) is 0 Å². The summed E-state index contributed by atoms with van der Waals surface area (Å²) in [4.78, 5) is 14.5. The summed E-state index contributed by atoms with van der Waals surface area (Å²) in [7, 11) is 0. The van der Waals surface area contributed by atoms with Crippen molar-refractivity contribution in [2.75, 3.05) is 39.3 Å². The van der Waals surface area contributed by atoms with Crippen molar-refractivity contribution in [1.29, 1.82) is 0 Å². The number of nitrogens with zero attached hydrogens (tertiary/aromatic N) is 2. The molecule has 1 aliphatic heterocycles. The van der Waals surface area contributed by atoms with Gasteiger partial charge >= 0.3 is 0 Å². The number of likely N-dealkylation sites (N-methyl/N-ethyl adjacent to an activating group) is 1. The van der Waals surface area contributed by atoms with E-state index in [0.29, 0.717) is 5.91 Å². The van der Waals surface area contributed by atoms with E-state index in [1.54, 1.807) is 0 Å². The van der Waals surface area contributed by atoms with Gasteiger partial charge < -0.3 is 26.4 Å². The summed E-state index contributed by atoms with van der Waals surface area (Å²) in [6.07, 6.45) is 14.6. The SMILES string of the molecule is C=CC[N+]1(CC)CCN(C(=O)CCCCCCCCCCC)CC1.[Br-]. The van der Waals surface area contributed by atoms with Gasteiger partial charge in [0.25, 0.3) is 0 Å². The molecular weight excluding hydrogens is 376 g/mol. The Hall–Kier alpha value is -0.350. The van der Waals surface area contributed by atoms with Crippen LogP contribution in [-0.2, 0) is 4.79 Å². The monoisotopic (exact) mass is 416 g/mol. The Bertz CT molecular complexity index is 352. The van der Waals surface area contributed by atoms with E-state index < -0.39 is 0 Å². The second-order valence-electron chi connectivity index (χ2n) is 7.54. The van der Waals surface area contributed by atoms with Crippen LogP contribution in [0.5, 0.6) is 0 Å². The average molecular weight is 417 g/mol. The normalized spacial score (nSPS) is 16.3. The molecule has 25 heavy (non-hydrogen) atoms. The number of hydrogen-bond donors (Lipinski definition) is 0. The van der Waals surface area contributed by atoms with Crippen molar-refractivity contribution in [2.45, 2.75) is 78.1 Å². The third kappa shape index (κ3) is 9.79. The summed E-state index contributed by atoms with van der Waals surface area (Å²) in [6.45, 7) is 14.6. The van der Waals surface area contributed by atoms with Gasteiger partial charge in [-0.15, -0.1) is 0 Å². The van der Waals surface area contributed by atoms with Crippen molar-refractivity contribution in [2.24, 2.45) is 0 Å². The molecule has 1 aliphatic rings. The van der Waals surface area contributed by atoms with Crippen LogP contribution in [-0.4, -0.2) is 54.6 Å². The highest BCUT2D eigenvalue weighted by atomic mass is 79.9. The third-order valence-corrected chi connectivity index (χ3v) is 5.72. The molecule has 0 N–H and O–H groups in total. The van der Waals surface area contributed by atoms with Crippen LogP contribution in [0.3, 0.4) is 0 Å². The van der Waals surface area contributed by atoms with Crippen LogP contribution in [0.2, 0.25) is 0 Å². The first-order valence-corrected chi connectivity index (χ1v) is 10.4. The molecule has 1 saturated heterocycles. The van der Waals surface area contributed by atoms with Gasteiger partial charge in [0.15, 0.2) is 0 Å². The van der Waals surface area contributed by atoms with Crippen LogP contribution in [0.25, 0.3) is 0 Å². The first-order valence-electron chi connectivity index (χ1n) is 10.4. The molecule has 0 bridgehead atoms. The Kier molecular flexibility index (Phi) is 14.6. The maximum atomic E-state index is 12.4. The minimum Gasteiger partial charge on any atom is -1.00 e. The van der Waals surface area contributed by atoms with E-state index in [2.05, 4.69) is 25.3 Å². The van der Waals surface area contributed by atoms with Crippen LogP contribution >= 0.6 is 0 Å². The van der Waals surface area contributed by atoms with E-state index in [0.717, 1.165) is 56.6 Å². The zero-order valence-corrected chi connectivity index (χ0v) is 18.4. The fraction of sp³-hybridized carbons (Fsp3) is 0.857. The topological polar surface area (TPSA) is 20.3 Å². The highest BCUT2D eigenvalue weighted by Gasteiger charge is 2.31. The van der Waals surface area contributed by atoms with Crippen LogP contribution in [0.1, 0.15) is 78.1 Å².